The number of carbonyl (C=O) groups excluding carboxylic acids is 1. The molecule has 8 heteroatoms. The van der Waals surface area contributed by atoms with Crippen molar-refractivity contribution >= 4 is 27.6 Å². The zero-order chi connectivity index (χ0) is 17.8. The third-order valence-electron chi connectivity index (χ3n) is 3.79. The van der Waals surface area contributed by atoms with E-state index in [0.29, 0.717) is 36.2 Å². The summed E-state index contributed by atoms with van der Waals surface area (Å²) in [5.74, 6) is 1.73. The molecule has 0 atom stereocenters. The molecule has 0 saturated carbocycles. The number of ether oxygens (including phenoxy) is 3. The standard InChI is InChI=1S/C17H18BrN3O4/c1-23-11-5-6-14(15(8-11)24-2)20-17(22)21-9-12(10-21)25-16-13(18)4-3-7-19-16/h3-8,12H,9-10H2,1-2H3,(H,20,22). The van der Waals surface area contributed by atoms with Gasteiger partial charge in [-0.15, -0.1) is 0 Å². The van der Waals surface area contributed by atoms with Gasteiger partial charge in [-0.25, -0.2) is 9.78 Å². The van der Waals surface area contributed by atoms with Gasteiger partial charge in [0.2, 0.25) is 5.88 Å². The zero-order valence-electron chi connectivity index (χ0n) is 13.9. The number of rotatable bonds is 5. The lowest BCUT2D eigenvalue weighted by Crippen LogP contribution is -2.57. The Morgan fingerprint density at radius 3 is 2.76 bits per heavy atom. The molecule has 2 heterocycles. The highest BCUT2D eigenvalue weighted by Gasteiger charge is 2.33. The van der Waals surface area contributed by atoms with Crippen molar-refractivity contribution < 1.29 is 19.0 Å². The van der Waals surface area contributed by atoms with Crippen molar-refractivity contribution in [3.05, 3.63) is 41.0 Å². The summed E-state index contributed by atoms with van der Waals surface area (Å²) in [6.45, 7) is 0.987. The fraction of sp³-hybridized carbons (Fsp3) is 0.294. The minimum Gasteiger partial charge on any atom is -0.497 e. The molecular weight excluding hydrogens is 390 g/mol. The number of halogens is 1. The van der Waals surface area contributed by atoms with Gasteiger partial charge in [0, 0.05) is 12.3 Å². The van der Waals surface area contributed by atoms with Crippen LogP contribution in [0.1, 0.15) is 0 Å². The first kappa shape index (κ1) is 17.3. The quantitative estimate of drug-likeness (QED) is 0.823. The molecule has 0 radical (unpaired) electrons. The average Bonchev–Trinajstić information content (AvgIpc) is 2.59. The van der Waals surface area contributed by atoms with Crippen molar-refractivity contribution in [3.63, 3.8) is 0 Å². The molecule has 1 aromatic heterocycles. The van der Waals surface area contributed by atoms with Crippen LogP contribution in [0.15, 0.2) is 41.0 Å². The summed E-state index contributed by atoms with van der Waals surface area (Å²) in [6, 6.07) is 8.70. The van der Waals surface area contributed by atoms with Gasteiger partial charge in [-0.05, 0) is 40.2 Å². The Morgan fingerprint density at radius 2 is 2.08 bits per heavy atom. The second kappa shape index (κ2) is 7.60. The number of nitrogens with one attached hydrogen (secondary N) is 1. The number of urea groups is 1. The summed E-state index contributed by atoms with van der Waals surface area (Å²) in [5.41, 5.74) is 0.588. The number of anilines is 1. The highest BCUT2D eigenvalue weighted by atomic mass is 79.9. The van der Waals surface area contributed by atoms with Crippen LogP contribution < -0.4 is 19.5 Å². The topological polar surface area (TPSA) is 72.9 Å². The van der Waals surface area contributed by atoms with Crippen molar-refractivity contribution in [1.82, 2.24) is 9.88 Å². The van der Waals surface area contributed by atoms with Gasteiger partial charge < -0.3 is 24.4 Å². The van der Waals surface area contributed by atoms with E-state index in [9.17, 15) is 4.79 Å². The van der Waals surface area contributed by atoms with Crippen LogP contribution in [0.4, 0.5) is 10.5 Å². The smallest absolute Gasteiger partial charge is 0.322 e. The van der Waals surface area contributed by atoms with E-state index in [-0.39, 0.29) is 12.1 Å². The number of nitrogens with zero attached hydrogens (tertiary/aromatic N) is 2. The van der Waals surface area contributed by atoms with Gasteiger partial charge in [0.15, 0.2) is 0 Å². The molecule has 1 N–H and O–H groups in total. The molecule has 7 nitrogen and oxygen atoms in total. The largest absolute Gasteiger partial charge is 0.497 e. The maximum atomic E-state index is 12.3. The van der Waals surface area contributed by atoms with E-state index in [0.717, 1.165) is 4.47 Å². The fourth-order valence-corrected chi connectivity index (χ4v) is 2.74. The first-order valence-electron chi connectivity index (χ1n) is 7.66. The predicted octanol–water partition coefficient (Wildman–Crippen LogP) is 3.16. The summed E-state index contributed by atoms with van der Waals surface area (Å²) in [7, 11) is 3.12. The number of benzene rings is 1. The van der Waals surface area contributed by atoms with E-state index in [1.165, 1.54) is 0 Å². The van der Waals surface area contributed by atoms with E-state index in [1.807, 2.05) is 12.1 Å². The van der Waals surface area contributed by atoms with Crippen LogP contribution in [0.5, 0.6) is 17.4 Å². The molecule has 0 unspecified atom stereocenters. The van der Waals surface area contributed by atoms with Gasteiger partial charge in [-0.1, -0.05) is 0 Å². The van der Waals surface area contributed by atoms with E-state index < -0.39 is 0 Å². The summed E-state index contributed by atoms with van der Waals surface area (Å²) in [4.78, 5) is 18.1. The van der Waals surface area contributed by atoms with Gasteiger partial charge in [0.05, 0.1) is 37.5 Å². The van der Waals surface area contributed by atoms with Crippen LogP contribution in [0.2, 0.25) is 0 Å². The second-order valence-corrected chi connectivity index (χ2v) is 6.29. The number of carbonyl (C=O) groups is 1. The molecule has 132 valence electrons. The van der Waals surface area contributed by atoms with Gasteiger partial charge in [0.25, 0.3) is 0 Å². The first-order valence-corrected chi connectivity index (χ1v) is 8.45. The molecule has 1 aromatic carbocycles. The Bertz CT molecular complexity index is 765. The van der Waals surface area contributed by atoms with Crippen molar-refractivity contribution in [3.8, 4) is 17.4 Å². The summed E-state index contributed by atoms with van der Waals surface area (Å²) < 4.78 is 17.0. The third-order valence-corrected chi connectivity index (χ3v) is 4.39. The molecule has 1 saturated heterocycles. The summed E-state index contributed by atoms with van der Waals surface area (Å²) >= 11 is 3.39. The van der Waals surface area contributed by atoms with Crippen LogP contribution in [0.3, 0.4) is 0 Å². The number of likely N-dealkylation sites (tertiary alicyclic amines) is 1. The molecule has 2 aromatic rings. The molecule has 2 amide bonds. The Labute approximate surface area is 154 Å². The number of hydrogen-bond acceptors (Lipinski definition) is 5. The zero-order valence-corrected chi connectivity index (χ0v) is 15.4. The molecule has 1 aliphatic heterocycles. The van der Waals surface area contributed by atoms with Crippen LogP contribution >= 0.6 is 15.9 Å². The molecule has 1 fully saturated rings. The van der Waals surface area contributed by atoms with Crippen LogP contribution in [0.25, 0.3) is 0 Å². The Kier molecular flexibility index (Phi) is 5.28. The monoisotopic (exact) mass is 407 g/mol. The molecule has 1 aliphatic rings. The van der Waals surface area contributed by atoms with E-state index in [1.54, 1.807) is 43.5 Å². The predicted molar refractivity (Wildman–Crippen MR) is 96.5 cm³/mol. The minimum atomic E-state index is -0.205. The SMILES string of the molecule is COc1ccc(NC(=O)N2CC(Oc3ncccc3Br)C2)c(OC)c1. The fourth-order valence-electron chi connectivity index (χ4n) is 2.39. The lowest BCUT2D eigenvalue weighted by Gasteiger charge is -2.38. The number of methoxy groups -OCH3 is 2. The van der Waals surface area contributed by atoms with Gasteiger partial charge in [-0.2, -0.15) is 0 Å². The maximum Gasteiger partial charge on any atom is 0.322 e. The van der Waals surface area contributed by atoms with Crippen molar-refractivity contribution in [2.24, 2.45) is 0 Å². The van der Waals surface area contributed by atoms with Crippen molar-refractivity contribution in [2.45, 2.75) is 6.10 Å². The molecule has 0 aliphatic carbocycles. The van der Waals surface area contributed by atoms with Gasteiger partial charge in [-0.3, -0.25) is 0 Å². The second-order valence-electron chi connectivity index (χ2n) is 5.43. The number of pyridine rings is 1. The molecule has 0 spiro atoms. The molecule has 3 rings (SSSR count). The van der Waals surface area contributed by atoms with E-state index in [4.69, 9.17) is 14.2 Å². The first-order chi connectivity index (χ1) is 12.1. The third kappa shape index (κ3) is 3.96. The van der Waals surface area contributed by atoms with E-state index >= 15 is 0 Å². The maximum absolute atomic E-state index is 12.3. The van der Waals surface area contributed by atoms with Crippen LogP contribution in [0, 0.1) is 0 Å². The van der Waals surface area contributed by atoms with Crippen molar-refractivity contribution in [1.29, 1.82) is 0 Å². The van der Waals surface area contributed by atoms with Crippen molar-refractivity contribution in [2.75, 3.05) is 32.6 Å². The Balaban J connectivity index is 1.55. The number of aromatic nitrogens is 1. The lowest BCUT2D eigenvalue weighted by molar-refractivity contribution is 0.0455. The highest BCUT2D eigenvalue weighted by molar-refractivity contribution is 9.10. The number of amides is 2. The molecular formula is C17H18BrN3O4. The minimum absolute atomic E-state index is 0.0743. The Hall–Kier alpha value is -2.48. The summed E-state index contributed by atoms with van der Waals surface area (Å²) in [6.07, 6.45) is 1.59. The van der Waals surface area contributed by atoms with Crippen LogP contribution in [-0.2, 0) is 0 Å². The number of hydrogen-bond donors (Lipinski definition) is 1. The van der Waals surface area contributed by atoms with Crippen LogP contribution in [-0.4, -0.2) is 49.3 Å². The highest BCUT2D eigenvalue weighted by Crippen LogP contribution is 2.30. The lowest BCUT2D eigenvalue weighted by atomic mass is 10.2. The normalized spacial score (nSPS) is 13.8. The summed E-state index contributed by atoms with van der Waals surface area (Å²) in [5, 5.41) is 2.84. The van der Waals surface area contributed by atoms with E-state index in [2.05, 4.69) is 26.2 Å². The Morgan fingerprint density at radius 1 is 1.28 bits per heavy atom. The molecule has 0 bridgehead atoms. The van der Waals surface area contributed by atoms with Gasteiger partial charge in [0.1, 0.15) is 17.6 Å². The molecule has 25 heavy (non-hydrogen) atoms. The average molecular weight is 408 g/mol. The van der Waals surface area contributed by atoms with Gasteiger partial charge >= 0.3 is 6.03 Å².